The number of hydrogen-bond donors (Lipinski definition) is 2. The Morgan fingerprint density at radius 2 is 2.00 bits per heavy atom. The average Bonchev–Trinajstić information content (AvgIpc) is 2.98. The number of amides is 1. The third-order valence-corrected chi connectivity index (χ3v) is 3.82. The number of unbranched alkanes of at least 4 members (excludes halogenated alkanes) is 1. The Kier molecular flexibility index (Phi) is 11.9. The summed E-state index contributed by atoms with van der Waals surface area (Å²) in [6.45, 7) is 1.29. The number of oxazole rings is 1. The molecule has 25 heavy (non-hydrogen) atoms. The van der Waals surface area contributed by atoms with Gasteiger partial charge < -0.3 is 15.5 Å². The summed E-state index contributed by atoms with van der Waals surface area (Å²) in [5.41, 5.74) is 6.12. The summed E-state index contributed by atoms with van der Waals surface area (Å²) < 4.78 is 5.65. The minimum Gasteiger partial charge on any atom is -0.441 e. The fourth-order valence-corrected chi connectivity index (χ4v) is 2.55. The van der Waals surface area contributed by atoms with Crippen LogP contribution >= 0.6 is 48.0 Å². The number of aryl methyl sites for hydroxylation is 1. The molecule has 1 heterocycles. The van der Waals surface area contributed by atoms with Gasteiger partial charge in [0.2, 0.25) is 5.91 Å². The maximum absolute atomic E-state index is 11.7. The van der Waals surface area contributed by atoms with E-state index in [2.05, 4.69) is 10.3 Å². The Morgan fingerprint density at radius 3 is 2.68 bits per heavy atom. The molecule has 0 bridgehead atoms. The van der Waals surface area contributed by atoms with Crippen LogP contribution in [0.1, 0.15) is 25.2 Å². The van der Waals surface area contributed by atoms with Gasteiger partial charge in [-0.2, -0.15) is 0 Å². The van der Waals surface area contributed by atoms with Crippen molar-refractivity contribution in [3.63, 3.8) is 0 Å². The molecule has 2 aromatic rings. The number of nitrogens with one attached hydrogen (secondary N) is 1. The predicted octanol–water partition coefficient (Wildman–Crippen LogP) is 4.28. The zero-order valence-corrected chi connectivity index (χ0v) is 16.6. The van der Waals surface area contributed by atoms with Crippen molar-refractivity contribution in [3.05, 3.63) is 40.3 Å². The molecule has 0 spiro atoms. The van der Waals surface area contributed by atoms with E-state index in [4.69, 9.17) is 33.4 Å². The molecule has 2 rings (SSSR count). The molecule has 0 aliphatic heterocycles. The molecule has 0 atom stereocenters. The number of nitrogens with zero attached hydrogens (tertiary/aromatic N) is 1. The van der Waals surface area contributed by atoms with Crippen LogP contribution in [0.25, 0.3) is 11.3 Å². The van der Waals surface area contributed by atoms with Crippen LogP contribution < -0.4 is 11.1 Å². The topological polar surface area (TPSA) is 81.1 Å². The lowest BCUT2D eigenvalue weighted by Gasteiger charge is -2.03. The molecule has 0 radical (unpaired) electrons. The van der Waals surface area contributed by atoms with Crippen molar-refractivity contribution in [1.82, 2.24) is 10.3 Å². The van der Waals surface area contributed by atoms with E-state index in [1.807, 2.05) is 0 Å². The van der Waals surface area contributed by atoms with E-state index in [0.717, 1.165) is 18.4 Å². The second-order valence-corrected chi connectivity index (χ2v) is 5.93. The first kappa shape index (κ1) is 24.0. The van der Waals surface area contributed by atoms with E-state index in [0.29, 0.717) is 47.6 Å². The Bertz CT molecular complexity index is 665. The largest absolute Gasteiger partial charge is 0.441 e. The summed E-state index contributed by atoms with van der Waals surface area (Å²) in [4.78, 5) is 15.9. The highest BCUT2D eigenvalue weighted by atomic mass is 35.5. The third-order valence-electron chi connectivity index (χ3n) is 3.27. The first-order chi connectivity index (χ1) is 11.1. The van der Waals surface area contributed by atoms with E-state index in [1.165, 1.54) is 0 Å². The van der Waals surface area contributed by atoms with Gasteiger partial charge in [0.05, 0.1) is 11.2 Å². The first-order valence-electron chi connectivity index (χ1n) is 7.47. The zero-order valence-electron chi connectivity index (χ0n) is 13.5. The molecule has 0 saturated carbocycles. The van der Waals surface area contributed by atoms with E-state index >= 15 is 0 Å². The smallest absolute Gasteiger partial charge is 0.220 e. The van der Waals surface area contributed by atoms with Crippen molar-refractivity contribution >= 4 is 53.9 Å². The highest BCUT2D eigenvalue weighted by Crippen LogP contribution is 2.30. The molecule has 3 N–H and O–H groups in total. The Morgan fingerprint density at radius 1 is 1.24 bits per heavy atom. The van der Waals surface area contributed by atoms with Gasteiger partial charge in [0.25, 0.3) is 0 Å². The molecule has 5 nitrogen and oxygen atoms in total. The monoisotopic (exact) mass is 427 g/mol. The van der Waals surface area contributed by atoms with Crippen LogP contribution in [-0.4, -0.2) is 24.0 Å². The van der Waals surface area contributed by atoms with Crippen LogP contribution in [0, 0.1) is 0 Å². The normalized spacial score (nSPS) is 9.88. The Hall–Kier alpha value is -0.980. The van der Waals surface area contributed by atoms with Crippen LogP contribution in [0.3, 0.4) is 0 Å². The van der Waals surface area contributed by atoms with Crippen LogP contribution in [-0.2, 0) is 11.2 Å². The average molecular weight is 429 g/mol. The molecule has 0 aliphatic rings. The minimum atomic E-state index is -0.0219. The number of rotatable bonds is 8. The highest BCUT2D eigenvalue weighted by Gasteiger charge is 2.11. The van der Waals surface area contributed by atoms with Gasteiger partial charge >= 0.3 is 0 Å². The lowest BCUT2D eigenvalue weighted by molar-refractivity contribution is -0.121. The standard InChI is InChI=1S/C16H19Cl2N3O2.2ClH/c17-11-3-4-12(13(18)9-11)14-10-21-16(23-14)6-5-15(22)20-8-2-1-7-19;;/h3-4,9-10H,1-2,5-8,19H2,(H,20,22);2*1H. The quantitative estimate of drug-likeness (QED) is 0.614. The van der Waals surface area contributed by atoms with Crippen LogP contribution in [0.4, 0.5) is 0 Å². The fourth-order valence-electron chi connectivity index (χ4n) is 2.05. The van der Waals surface area contributed by atoms with E-state index in [-0.39, 0.29) is 30.7 Å². The second-order valence-electron chi connectivity index (χ2n) is 5.09. The molecule has 0 aliphatic carbocycles. The molecule has 0 fully saturated rings. The summed E-state index contributed by atoms with van der Waals surface area (Å²) in [5.74, 6) is 1.04. The summed E-state index contributed by atoms with van der Waals surface area (Å²) in [7, 11) is 0. The van der Waals surface area contributed by atoms with E-state index in [9.17, 15) is 4.79 Å². The third kappa shape index (κ3) is 7.84. The maximum atomic E-state index is 11.7. The number of halogens is 4. The molecule has 1 aromatic carbocycles. The maximum Gasteiger partial charge on any atom is 0.220 e. The van der Waals surface area contributed by atoms with Crippen molar-refractivity contribution in [2.24, 2.45) is 5.73 Å². The van der Waals surface area contributed by atoms with Gasteiger partial charge in [0, 0.05) is 30.0 Å². The van der Waals surface area contributed by atoms with Crippen molar-refractivity contribution in [3.8, 4) is 11.3 Å². The Balaban J connectivity index is 0.00000288. The first-order valence-corrected chi connectivity index (χ1v) is 8.22. The number of aromatic nitrogens is 1. The number of carbonyl (C=O) groups excluding carboxylic acids is 1. The number of carbonyl (C=O) groups is 1. The van der Waals surface area contributed by atoms with Gasteiger partial charge in [0.15, 0.2) is 11.7 Å². The number of hydrogen-bond acceptors (Lipinski definition) is 4. The molecular weight excluding hydrogens is 408 g/mol. The van der Waals surface area contributed by atoms with Crippen molar-refractivity contribution in [2.45, 2.75) is 25.7 Å². The second kappa shape index (κ2) is 12.4. The SMILES string of the molecule is Cl.Cl.NCCCCNC(=O)CCc1ncc(-c2ccc(Cl)cc2Cl)o1. The lowest BCUT2D eigenvalue weighted by Crippen LogP contribution is -2.25. The van der Waals surface area contributed by atoms with Crippen LogP contribution in [0.5, 0.6) is 0 Å². The summed E-state index contributed by atoms with van der Waals surface area (Å²) >= 11 is 12.0. The van der Waals surface area contributed by atoms with Gasteiger partial charge in [-0.05, 0) is 37.6 Å². The van der Waals surface area contributed by atoms with Gasteiger partial charge in [-0.25, -0.2) is 4.98 Å². The molecular formula is C16H21Cl4N3O2. The molecule has 1 aromatic heterocycles. The van der Waals surface area contributed by atoms with Gasteiger partial charge in [-0.15, -0.1) is 24.8 Å². The Labute approximate surface area is 169 Å². The van der Waals surface area contributed by atoms with E-state index in [1.54, 1.807) is 24.4 Å². The minimum absolute atomic E-state index is 0. The van der Waals surface area contributed by atoms with Crippen LogP contribution in [0.15, 0.2) is 28.8 Å². The number of nitrogens with two attached hydrogens (primary N) is 1. The van der Waals surface area contributed by atoms with E-state index < -0.39 is 0 Å². The highest BCUT2D eigenvalue weighted by molar-refractivity contribution is 6.36. The van der Waals surface area contributed by atoms with Crippen molar-refractivity contribution < 1.29 is 9.21 Å². The molecule has 1 amide bonds. The summed E-state index contributed by atoms with van der Waals surface area (Å²) in [5, 5.41) is 3.90. The predicted molar refractivity (Wildman–Crippen MR) is 106 cm³/mol. The molecule has 140 valence electrons. The zero-order chi connectivity index (χ0) is 16.7. The number of benzene rings is 1. The van der Waals surface area contributed by atoms with Crippen LogP contribution in [0.2, 0.25) is 10.0 Å². The molecule has 0 saturated heterocycles. The summed E-state index contributed by atoms with van der Waals surface area (Å²) in [6, 6.07) is 5.16. The molecule has 0 unspecified atom stereocenters. The fraction of sp³-hybridized carbons (Fsp3) is 0.375. The van der Waals surface area contributed by atoms with Crippen molar-refractivity contribution in [1.29, 1.82) is 0 Å². The van der Waals surface area contributed by atoms with Gasteiger partial charge in [-0.1, -0.05) is 23.2 Å². The lowest BCUT2D eigenvalue weighted by atomic mass is 10.2. The van der Waals surface area contributed by atoms with Gasteiger partial charge in [-0.3, -0.25) is 4.79 Å². The molecule has 9 heteroatoms. The van der Waals surface area contributed by atoms with Crippen molar-refractivity contribution in [2.75, 3.05) is 13.1 Å². The summed E-state index contributed by atoms with van der Waals surface area (Å²) in [6.07, 6.45) is 4.17. The van der Waals surface area contributed by atoms with Gasteiger partial charge in [0.1, 0.15) is 0 Å².